The van der Waals surface area contributed by atoms with Crippen molar-refractivity contribution in [2.75, 3.05) is 18.0 Å². The monoisotopic (exact) mass is 387 g/mol. The summed E-state index contributed by atoms with van der Waals surface area (Å²) in [5.74, 6) is -0.518. The highest BCUT2D eigenvalue weighted by atomic mass is 35.5. The highest BCUT2D eigenvalue weighted by molar-refractivity contribution is 6.31. The third-order valence-corrected chi connectivity index (χ3v) is 5.18. The molecule has 0 aliphatic carbocycles. The number of nitro benzene ring substituents is 1. The summed E-state index contributed by atoms with van der Waals surface area (Å²) in [4.78, 5) is 39.0. The first kappa shape index (κ1) is 18.8. The van der Waals surface area contributed by atoms with Gasteiger partial charge in [0.1, 0.15) is 6.04 Å². The van der Waals surface area contributed by atoms with Crippen LogP contribution in [0.1, 0.15) is 22.8 Å². The zero-order valence-corrected chi connectivity index (χ0v) is 15.6. The Morgan fingerprint density at radius 1 is 1.19 bits per heavy atom. The second-order valence-electron chi connectivity index (χ2n) is 6.35. The van der Waals surface area contributed by atoms with Gasteiger partial charge in [-0.1, -0.05) is 17.7 Å². The number of hydrogen-bond acceptors (Lipinski definition) is 4. The third kappa shape index (κ3) is 3.50. The van der Waals surface area contributed by atoms with Crippen LogP contribution >= 0.6 is 11.6 Å². The van der Waals surface area contributed by atoms with Gasteiger partial charge in [-0.3, -0.25) is 19.7 Å². The molecule has 8 heteroatoms. The molecule has 0 radical (unpaired) electrons. The van der Waals surface area contributed by atoms with Gasteiger partial charge in [-0.15, -0.1) is 0 Å². The van der Waals surface area contributed by atoms with Crippen molar-refractivity contribution in [3.8, 4) is 0 Å². The second-order valence-corrected chi connectivity index (χ2v) is 6.76. The number of amides is 2. The number of carbonyl (C=O) groups is 2. The molecule has 1 heterocycles. The number of nitrogens with zero attached hydrogens (tertiary/aromatic N) is 3. The van der Waals surface area contributed by atoms with Crippen molar-refractivity contribution >= 4 is 34.8 Å². The highest BCUT2D eigenvalue weighted by Crippen LogP contribution is 2.29. The Morgan fingerprint density at radius 2 is 1.85 bits per heavy atom. The Hall–Kier alpha value is -2.93. The number of nitro groups is 1. The quantitative estimate of drug-likeness (QED) is 0.596. The van der Waals surface area contributed by atoms with E-state index in [0.717, 1.165) is 11.3 Å². The number of carbonyl (C=O) groups excluding carboxylic acids is 2. The Labute approximate surface area is 161 Å². The topological polar surface area (TPSA) is 83.8 Å². The van der Waals surface area contributed by atoms with Gasteiger partial charge in [-0.25, -0.2) is 0 Å². The number of benzene rings is 2. The molecule has 27 heavy (non-hydrogen) atoms. The zero-order chi connectivity index (χ0) is 19.7. The maximum Gasteiger partial charge on any atom is 0.269 e. The maximum absolute atomic E-state index is 12.9. The van der Waals surface area contributed by atoms with Crippen LogP contribution in [0.15, 0.2) is 42.5 Å². The summed E-state index contributed by atoms with van der Waals surface area (Å²) in [5.41, 5.74) is 1.78. The van der Waals surface area contributed by atoms with Crippen LogP contribution in [0.2, 0.25) is 5.02 Å². The Balaban J connectivity index is 1.81. The fourth-order valence-corrected chi connectivity index (χ4v) is 3.34. The van der Waals surface area contributed by atoms with E-state index >= 15 is 0 Å². The Morgan fingerprint density at radius 3 is 2.48 bits per heavy atom. The fourth-order valence-electron chi connectivity index (χ4n) is 3.17. The molecule has 1 aliphatic rings. The van der Waals surface area contributed by atoms with Crippen molar-refractivity contribution in [2.24, 2.45) is 0 Å². The van der Waals surface area contributed by atoms with Crippen molar-refractivity contribution in [2.45, 2.75) is 19.9 Å². The van der Waals surface area contributed by atoms with Crippen LogP contribution < -0.4 is 4.90 Å². The van der Waals surface area contributed by atoms with E-state index in [4.69, 9.17) is 11.6 Å². The molecular formula is C19H18ClN3O4. The summed E-state index contributed by atoms with van der Waals surface area (Å²) >= 11 is 6.16. The van der Waals surface area contributed by atoms with Gasteiger partial charge in [0, 0.05) is 41.5 Å². The van der Waals surface area contributed by atoms with Crippen LogP contribution in [0, 0.1) is 17.0 Å². The first-order valence-electron chi connectivity index (χ1n) is 8.43. The number of anilines is 1. The van der Waals surface area contributed by atoms with Crippen LogP contribution in [-0.4, -0.2) is 40.8 Å². The fraction of sp³-hybridized carbons (Fsp3) is 0.263. The first-order valence-corrected chi connectivity index (χ1v) is 8.81. The van der Waals surface area contributed by atoms with Crippen molar-refractivity contribution in [1.29, 1.82) is 0 Å². The summed E-state index contributed by atoms with van der Waals surface area (Å²) < 4.78 is 0. The van der Waals surface area contributed by atoms with Crippen molar-refractivity contribution < 1.29 is 14.5 Å². The maximum atomic E-state index is 12.9. The van der Waals surface area contributed by atoms with E-state index in [9.17, 15) is 19.7 Å². The average Bonchev–Trinajstić information content (AvgIpc) is 2.66. The molecule has 0 unspecified atom stereocenters. The first-order chi connectivity index (χ1) is 12.8. The molecule has 0 aromatic heterocycles. The minimum atomic E-state index is -0.653. The van der Waals surface area contributed by atoms with Gasteiger partial charge in [-0.05, 0) is 43.7 Å². The molecule has 2 aromatic carbocycles. The smallest absolute Gasteiger partial charge is 0.269 e. The van der Waals surface area contributed by atoms with Gasteiger partial charge < -0.3 is 9.80 Å². The molecule has 2 aromatic rings. The number of rotatable bonds is 3. The molecule has 0 N–H and O–H groups in total. The number of halogens is 1. The largest absolute Gasteiger partial charge is 0.325 e. The summed E-state index contributed by atoms with van der Waals surface area (Å²) in [6.45, 7) is 4.24. The number of hydrogen-bond donors (Lipinski definition) is 0. The molecule has 1 aliphatic heterocycles. The lowest BCUT2D eigenvalue weighted by Crippen LogP contribution is -2.57. The Kier molecular flexibility index (Phi) is 5.14. The van der Waals surface area contributed by atoms with E-state index in [1.54, 1.807) is 24.0 Å². The minimum absolute atomic E-state index is 0.0862. The molecule has 140 valence electrons. The highest BCUT2D eigenvalue weighted by Gasteiger charge is 2.36. The zero-order valence-electron chi connectivity index (χ0n) is 14.9. The van der Waals surface area contributed by atoms with E-state index in [1.807, 2.05) is 13.0 Å². The summed E-state index contributed by atoms with van der Waals surface area (Å²) in [6, 6.07) is 10.1. The molecule has 1 saturated heterocycles. The van der Waals surface area contributed by atoms with Crippen LogP contribution in [0.4, 0.5) is 11.4 Å². The number of non-ortho nitro benzene ring substituents is 1. The normalized spacial score (nSPS) is 17.1. The molecule has 0 spiro atoms. The van der Waals surface area contributed by atoms with Crippen molar-refractivity contribution in [3.63, 3.8) is 0 Å². The summed E-state index contributed by atoms with van der Waals surface area (Å²) in [6.07, 6.45) is 0. The lowest BCUT2D eigenvalue weighted by atomic mass is 10.1. The molecule has 0 bridgehead atoms. The molecule has 7 nitrogen and oxygen atoms in total. The van der Waals surface area contributed by atoms with Crippen molar-refractivity contribution in [1.82, 2.24) is 4.90 Å². The minimum Gasteiger partial charge on any atom is -0.325 e. The molecule has 0 saturated carbocycles. The van der Waals surface area contributed by atoms with Gasteiger partial charge in [0.05, 0.1) is 4.92 Å². The van der Waals surface area contributed by atoms with Crippen LogP contribution in [0.25, 0.3) is 0 Å². The standard InChI is InChI=1S/C19H18ClN3O4/c1-12-16(20)4-3-5-17(12)22-11-10-21(13(2)18(22)24)19(25)14-6-8-15(9-7-14)23(26)27/h3-9,13H,10-11H2,1-2H3/t13-/m0/s1. The Bertz CT molecular complexity index is 914. The van der Waals surface area contributed by atoms with Crippen molar-refractivity contribution in [3.05, 3.63) is 68.7 Å². The predicted molar refractivity (Wildman–Crippen MR) is 102 cm³/mol. The van der Waals surface area contributed by atoms with E-state index in [0.29, 0.717) is 23.7 Å². The van der Waals surface area contributed by atoms with Gasteiger partial charge >= 0.3 is 0 Å². The molecule has 2 amide bonds. The van der Waals surface area contributed by atoms with Gasteiger partial charge in [0.2, 0.25) is 5.91 Å². The van der Waals surface area contributed by atoms with E-state index in [2.05, 4.69) is 0 Å². The SMILES string of the molecule is Cc1c(Cl)cccc1N1CCN(C(=O)c2ccc([N+](=O)[O-])cc2)[C@@H](C)C1=O. The van der Waals surface area contributed by atoms with Crippen LogP contribution in [0.5, 0.6) is 0 Å². The molecule has 3 rings (SSSR count). The van der Waals surface area contributed by atoms with Gasteiger partial charge in [0.25, 0.3) is 11.6 Å². The van der Waals surface area contributed by atoms with E-state index in [-0.39, 0.29) is 17.5 Å². The summed E-state index contributed by atoms with van der Waals surface area (Å²) in [7, 11) is 0. The van der Waals surface area contributed by atoms with Gasteiger partial charge in [0.15, 0.2) is 0 Å². The molecule has 1 fully saturated rings. The van der Waals surface area contributed by atoms with E-state index < -0.39 is 11.0 Å². The lowest BCUT2D eigenvalue weighted by Gasteiger charge is -2.39. The molecule has 1 atom stereocenters. The number of piperazine rings is 1. The second kappa shape index (κ2) is 7.36. The lowest BCUT2D eigenvalue weighted by molar-refractivity contribution is -0.384. The van der Waals surface area contributed by atoms with Gasteiger partial charge in [-0.2, -0.15) is 0 Å². The summed E-state index contributed by atoms with van der Waals surface area (Å²) in [5, 5.41) is 11.3. The predicted octanol–water partition coefficient (Wildman–Crippen LogP) is 3.43. The van der Waals surface area contributed by atoms with E-state index in [1.165, 1.54) is 29.2 Å². The third-order valence-electron chi connectivity index (χ3n) is 4.77. The van der Waals surface area contributed by atoms with Crippen LogP contribution in [0.3, 0.4) is 0 Å². The average molecular weight is 388 g/mol. The van der Waals surface area contributed by atoms with Crippen LogP contribution in [-0.2, 0) is 4.79 Å². The molecular weight excluding hydrogens is 370 g/mol.